The zero-order valence-electron chi connectivity index (χ0n) is 14.9. The number of amides is 1. The topological polar surface area (TPSA) is 107 Å². The Kier molecular flexibility index (Phi) is 5.79. The van der Waals surface area contributed by atoms with Crippen molar-refractivity contribution in [3.8, 4) is 11.5 Å². The van der Waals surface area contributed by atoms with Crippen LogP contribution in [0.1, 0.15) is 12.8 Å². The maximum Gasteiger partial charge on any atom is 0.344 e. The second kappa shape index (κ2) is 8.46. The van der Waals surface area contributed by atoms with Crippen molar-refractivity contribution in [2.24, 2.45) is 0 Å². The number of carbonyl (C=O) groups excluding carboxylic acids is 1. The molecule has 1 aromatic carbocycles. The Morgan fingerprint density at radius 3 is 2.86 bits per heavy atom. The lowest BCUT2D eigenvalue weighted by molar-refractivity contribution is -0.113. The fourth-order valence-electron chi connectivity index (χ4n) is 3.04. The first-order chi connectivity index (χ1) is 13.6. The first kappa shape index (κ1) is 19.2. The van der Waals surface area contributed by atoms with E-state index < -0.39 is 0 Å². The number of rotatable bonds is 6. The standard InChI is InChI=1S/C17H19ClN4O5S/c18-11-6-13-14(27-5-4-26-13)7-12(11)19-15(23)9-28-17-21-20-16(24)22(17)8-10-2-1-3-25-10/h6-7,10H,1-5,8-9H2,(H,19,23)(H,20,24). The molecule has 1 fully saturated rings. The third kappa shape index (κ3) is 4.29. The molecule has 28 heavy (non-hydrogen) atoms. The van der Waals surface area contributed by atoms with Crippen LogP contribution in [0.15, 0.2) is 22.1 Å². The number of nitrogens with one attached hydrogen (secondary N) is 2. The number of thioether (sulfide) groups is 1. The molecule has 0 radical (unpaired) electrons. The summed E-state index contributed by atoms with van der Waals surface area (Å²) in [6.07, 6.45) is 1.89. The molecule has 0 saturated carbocycles. The average molecular weight is 427 g/mol. The Hall–Kier alpha value is -2.17. The fourth-order valence-corrected chi connectivity index (χ4v) is 4.00. The van der Waals surface area contributed by atoms with Gasteiger partial charge in [0.2, 0.25) is 5.91 Å². The second-order valence-electron chi connectivity index (χ2n) is 6.37. The fraction of sp³-hybridized carbons (Fsp3) is 0.471. The molecule has 1 unspecified atom stereocenters. The number of fused-ring (bicyclic) bond motifs is 1. The van der Waals surface area contributed by atoms with Crippen LogP contribution < -0.4 is 20.5 Å². The van der Waals surface area contributed by atoms with Gasteiger partial charge in [0.05, 0.1) is 29.1 Å². The summed E-state index contributed by atoms with van der Waals surface area (Å²) in [5.74, 6) is 0.887. The van der Waals surface area contributed by atoms with Crippen LogP contribution in [0.4, 0.5) is 5.69 Å². The highest BCUT2D eigenvalue weighted by atomic mass is 35.5. The number of H-pyrrole nitrogens is 1. The summed E-state index contributed by atoms with van der Waals surface area (Å²) in [5.41, 5.74) is 0.128. The van der Waals surface area contributed by atoms with E-state index in [0.29, 0.717) is 53.7 Å². The van der Waals surface area contributed by atoms with Gasteiger partial charge in [-0.05, 0) is 12.8 Å². The molecular formula is C17H19ClN4O5S. The van der Waals surface area contributed by atoms with Gasteiger partial charge in [0.25, 0.3) is 0 Å². The van der Waals surface area contributed by atoms with Crippen molar-refractivity contribution in [1.82, 2.24) is 14.8 Å². The lowest BCUT2D eigenvalue weighted by Gasteiger charge is -2.20. The zero-order chi connectivity index (χ0) is 19.5. The Balaban J connectivity index is 1.38. The molecule has 3 heterocycles. The molecule has 4 rings (SSSR count). The van der Waals surface area contributed by atoms with E-state index in [1.165, 1.54) is 16.3 Å². The summed E-state index contributed by atoms with van der Waals surface area (Å²) < 4.78 is 18.0. The van der Waals surface area contributed by atoms with Gasteiger partial charge in [0, 0.05) is 18.7 Å². The highest BCUT2D eigenvalue weighted by Crippen LogP contribution is 2.38. The highest BCUT2D eigenvalue weighted by Gasteiger charge is 2.21. The number of hydrogen-bond acceptors (Lipinski definition) is 7. The minimum atomic E-state index is -0.312. The van der Waals surface area contributed by atoms with E-state index in [-0.39, 0.29) is 23.5 Å². The van der Waals surface area contributed by atoms with Crippen molar-refractivity contribution >= 4 is 35.0 Å². The van der Waals surface area contributed by atoms with Gasteiger partial charge < -0.3 is 19.5 Å². The quantitative estimate of drug-likeness (QED) is 0.679. The van der Waals surface area contributed by atoms with Gasteiger partial charge in [-0.25, -0.2) is 9.89 Å². The summed E-state index contributed by atoms with van der Waals surface area (Å²) in [5, 5.41) is 9.99. The molecule has 9 nitrogen and oxygen atoms in total. The van der Waals surface area contributed by atoms with E-state index in [1.54, 1.807) is 12.1 Å². The number of ether oxygens (including phenoxy) is 3. The van der Waals surface area contributed by atoms with Crippen molar-refractivity contribution in [1.29, 1.82) is 0 Å². The number of nitrogens with zero attached hydrogens (tertiary/aromatic N) is 2. The molecule has 1 atom stereocenters. The minimum Gasteiger partial charge on any atom is -0.486 e. The molecule has 1 saturated heterocycles. The molecule has 1 amide bonds. The number of halogens is 1. The van der Waals surface area contributed by atoms with E-state index in [1.807, 2.05) is 0 Å². The van der Waals surface area contributed by atoms with E-state index in [0.717, 1.165) is 12.8 Å². The van der Waals surface area contributed by atoms with Gasteiger partial charge in [-0.3, -0.25) is 9.36 Å². The number of hydrogen-bond donors (Lipinski definition) is 2. The predicted molar refractivity (Wildman–Crippen MR) is 104 cm³/mol. The maximum atomic E-state index is 12.4. The smallest absolute Gasteiger partial charge is 0.344 e. The Morgan fingerprint density at radius 1 is 1.32 bits per heavy atom. The number of carbonyl (C=O) groups is 1. The summed E-state index contributed by atoms with van der Waals surface area (Å²) in [6.45, 7) is 2.04. The van der Waals surface area contributed by atoms with Crippen molar-refractivity contribution in [3.63, 3.8) is 0 Å². The van der Waals surface area contributed by atoms with Crippen molar-refractivity contribution in [2.75, 3.05) is 30.9 Å². The molecule has 1 aromatic heterocycles. The lowest BCUT2D eigenvalue weighted by Crippen LogP contribution is -2.25. The van der Waals surface area contributed by atoms with Crippen LogP contribution in [0.5, 0.6) is 11.5 Å². The number of aromatic nitrogens is 3. The molecule has 2 aliphatic heterocycles. The monoisotopic (exact) mass is 426 g/mol. The van der Waals surface area contributed by atoms with Gasteiger partial charge >= 0.3 is 5.69 Å². The van der Waals surface area contributed by atoms with Crippen LogP contribution in [0.3, 0.4) is 0 Å². The Bertz CT molecular complexity index is 925. The van der Waals surface area contributed by atoms with E-state index in [9.17, 15) is 9.59 Å². The van der Waals surface area contributed by atoms with Gasteiger partial charge in [-0.2, -0.15) is 0 Å². The third-order valence-electron chi connectivity index (χ3n) is 4.37. The van der Waals surface area contributed by atoms with Crippen LogP contribution in [0.25, 0.3) is 0 Å². The summed E-state index contributed by atoms with van der Waals surface area (Å²) in [7, 11) is 0. The highest BCUT2D eigenvalue weighted by molar-refractivity contribution is 7.99. The number of anilines is 1. The van der Waals surface area contributed by atoms with Gasteiger partial charge in [0.1, 0.15) is 13.2 Å². The average Bonchev–Trinajstić information content (AvgIpc) is 3.32. The second-order valence-corrected chi connectivity index (χ2v) is 7.72. The molecule has 2 aromatic rings. The van der Waals surface area contributed by atoms with Crippen LogP contribution in [0.2, 0.25) is 5.02 Å². The molecule has 0 bridgehead atoms. The minimum absolute atomic E-state index is 0.00000232. The molecule has 150 valence electrons. The molecular weight excluding hydrogens is 408 g/mol. The normalized spacial score (nSPS) is 18.2. The van der Waals surface area contributed by atoms with Crippen molar-refractivity contribution in [2.45, 2.75) is 30.6 Å². The van der Waals surface area contributed by atoms with Crippen molar-refractivity contribution < 1.29 is 19.0 Å². The first-order valence-electron chi connectivity index (χ1n) is 8.89. The number of aromatic amines is 1. The Labute approximate surface area is 169 Å². The Morgan fingerprint density at radius 2 is 2.11 bits per heavy atom. The first-order valence-corrected chi connectivity index (χ1v) is 10.2. The van der Waals surface area contributed by atoms with Gasteiger partial charge in [-0.15, -0.1) is 5.10 Å². The zero-order valence-corrected chi connectivity index (χ0v) is 16.5. The van der Waals surface area contributed by atoms with E-state index >= 15 is 0 Å². The van der Waals surface area contributed by atoms with Crippen LogP contribution >= 0.6 is 23.4 Å². The van der Waals surface area contributed by atoms with Gasteiger partial charge in [0.15, 0.2) is 16.7 Å². The summed E-state index contributed by atoms with van der Waals surface area (Å²) in [6, 6.07) is 3.26. The third-order valence-corrected chi connectivity index (χ3v) is 5.66. The number of benzene rings is 1. The molecule has 2 N–H and O–H groups in total. The van der Waals surface area contributed by atoms with E-state index in [4.69, 9.17) is 25.8 Å². The summed E-state index contributed by atoms with van der Waals surface area (Å²) in [4.78, 5) is 24.3. The molecule has 0 aliphatic carbocycles. The summed E-state index contributed by atoms with van der Waals surface area (Å²) >= 11 is 7.38. The maximum absolute atomic E-state index is 12.4. The van der Waals surface area contributed by atoms with Gasteiger partial charge in [-0.1, -0.05) is 23.4 Å². The van der Waals surface area contributed by atoms with E-state index in [2.05, 4.69) is 15.5 Å². The van der Waals surface area contributed by atoms with Crippen LogP contribution in [0, 0.1) is 0 Å². The van der Waals surface area contributed by atoms with Crippen LogP contribution in [-0.2, 0) is 16.1 Å². The molecule has 2 aliphatic rings. The van der Waals surface area contributed by atoms with Crippen molar-refractivity contribution in [3.05, 3.63) is 27.6 Å². The molecule has 11 heteroatoms. The largest absolute Gasteiger partial charge is 0.486 e. The lowest BCUT2D eigenvalue weighted by atomic mass is 10.2. The van der Waals surface area contributed by atoms with Crippen LogP contribution in [-0.4, -0.2) is 52.3 Å². The molecule has 0 spiro atoms. The predicted octanol–water partition coefficient (Wildman–Crippen LogP) is 1.91. The SMILES string of the molecule is O=C(CSc1n[nH]c(=O)n1CC1CCCO1)Nc1cc2c(cc1Cl)OCCO2.